The van der Waals surface area contributed by atoms with Crippen molar-refractivity contribution in [2.24, 2.45) is 0 Å². The van der Waals surface area contributed by atoms with Gasteiger partial charge in [-0.3, -0.25) is 4.79 Å². The number of ether oxygens (including phenoxy) is 3. The monoisotopic (exact) mass is 369 g/mol. The lowest BCUT2D eigenvalue weighted by Gasteiger charge is -2.12. The summed E-state index contributed by atoms with van der Waals surface area (Å²) < 4.78 is 50.1. The Morgan fingerprint density at radius 1 is 1.00 bits per heavy atom. The van der Waals surface area contributed by atoms with Crippen LogP contribution in [0.25, 0.3) is 0 Å². The van der Waals surface area contributed by atoms with Crippen molar-refractivity contribution in [2.45, 2.75) is 13.3 Å². The molecule has 0 atom stereocenters. The van der Waals surface area contributed by atoms with E-state index in [1.165, 1.54) is 18.2 Å². The molecule has 1 amide bonds. The predicted octanol–water partition coefficient (Wildman–Crippen LogP) is 3.80. The fraction of sp³-hybridized carbons (Fsp3) is 0.176. The third-order valence-electron chi connectivity index (χ3n) is 3.10. The minimum Gasteiger partial charge on any atom is -0.462 e. The lowest BCUT2D eigenvalue weighted by atomic mass is 10.2. The summed E-state index contributed by atoms with van der Waals surface area (Å²) in [6.45, 7) is 1.74. The second kappa shape index (κ2) is 7.77. The molecule has 0 heterocycles. The molecule has 0 bridgehead atoms. The van der Waals surface area contributed by atoms with E-state index in [-0.39, 0.29) is 17.2 Å². The van der Waals surface area contributed by atoms with Crippen LogP contribution in [-0.2, 0) is 14.3 Å². The Kier molecular flexibility index (Phi) is 5.71. The number of esters is 1. The Balaban J connectivity index is 2.12. The zero-order chi connectivity index (χ0) is 19.3. The van der Waals surface area contributed by atoms with Crippen molar-refractivity contribution in [1.29, 1.82) is 0 Å². The van der Waals surface area contributed by atoms with Gasteiger partial charge >= 0.3 is 18.2 Å². The second-order valence-electron chi connectivity index (χ2n) is 5.05. The third kappa shape index (κ3) is 5.40. The normalized spacial score (nSPS) is 10.8. The van der Waals surface area contributed by atoms with Crippen LogP contribution in [-0.4, -0.2) is 25.3 Å². The van der Waals surface area contributed by atoms with Crippen molar-refractivity contribution in [3.63, 3.8) is 0 Å². The van der Waals surface area contributed by atoms with Crippen molar-refractivity contribution < 1.29 is 37.0 Å². The molecule has 2 aromatic rings. The summed E-state index contributed by atoms with van der Waals surface area (Å²) in [7, 11) is 1.08. The number of hydrogen-bond acceptors (Lipinski definition) is 5. The maximum atomic E-state index is 12.2. The molecule has 1 N–H and O–H groups in total. The van der Waals surface area contributed by atoms with Gasteiger partial charge in [-0.2, -0.15) is 0 Å². The molecule has 0 saturated heterocycles. The standard InChI is InChI=1S/C17H14F3NO5/c1-10-3-4-11(21-15(22)16(23)24-2)9-14(10)25-12-5-7-13(8-6-12)26-17(18,19)20/h3-9H,1-2H3,(H,21,22). The number of nitrogens with one attached hydrogen (secondary N) is 1. The molecule has 0 saturated carbocycles. The first-order chi connectivity index (χ1) is 12.2. The van der Waals surface area contributed by atoms with Gasteiger partial charge in [-0.05, 0) is 42.8 Å². The summed E-state index contributed by atoms with van der Waals surface area (Å²) >= 11 is 0. The molecule has 0 aliphatic rings. The molecule has 0 fully saturated rings. The number of anilines is 1. The first-order valence-corrected chi connectivity index (χ1v) is 7.21. The number of rotatable bonds is 4. The van der Waals surface area contributed by atoms with Gasteiger partial charge in [0.1, 0.15) is 17.2 Å². The lowest BCUT2D eigenvalue weighted by molar-refractivity contribution is -0.274. The van der Waals surface area contributed by atoms with Gasteiger partial charge in [0.05, 0.1) is 7.11 Å². The van der Waals surface area contributed by atoms with E-state index in [2.05, 4.69) is 14.8 Å². The maximum Gasteiger partial charge on any atom is 0.573 e. The average Bonchev–Trinajstić information content (AvgIpc) is 2.57. The highest BCUT2D eigenvalue weighted by Crippen LogP contribution is 2.30. The molecule has 2 aromatic carbocycles. The summed E-state index contributed by atoms with van der Waals surface area (Å²) in [5, 5.41) is 2.34. The summed E-state index contributed by atoms with van der Waals surface area (Å²) in [6.07, 6.45) is -4.77. The minimum absolute atomic E-state index is 0.263. The minimum atomic E-state index is -4.77. The number of methoxy groups -OCH3 is 1. The van der Waals surface area contributed by atoms with Gasteiger partial charge in [0.15, 0.2) is 0 Å². The summed E-state index contributed by atoms with van der Waals surface area (Å²) in [4.78, 5) is 22.6. The summed E-state index contributed by atoms with van der Waals surface area (Å²) in [5.41, 5.74) is 0.995. The van der Waals surface area contributed by atoms with Gasteiger partial charge in [-0.15, -0.1) is 13.2 Å². The van der Waals surface area contributed by atoms with E-state index in [0.717, 1.165) is 19.2 Å². The molecule has 0 spiro atoms. The molecule has 0 aliphatic heterocycles. The van der Waals surface area contributed by atoms with Crippen LogP contribution in [0.4, 0.5) is 18.9 Å². The zero-order valence-electron chi connectivity index (χ0n) is 13.7. The number of carbonyl (C=O) groups is 2. The molecule has 26 heavy (non-hydrogen) atoms. The van der Waals surface area contributed by atoms with E-state index in [0.29, 0.717) is 11.3 Å². The molecule has 0 aromatic heterocycles. The van der Waals surface area contributed by atoms with E-state index < -0.39 is 18.2 Å². The summed E-state index contributed by atoms with van der Waals surface area (Å²) in [6, 6.07) is 9.51. The fourth-order valence-corrected chi connectivity index (χ4v) is 1.90. The van der Waals surface area contributed by atoms with Crippen LogP contribution in [0.15, 0.2) is 42.5 Å². The van der Waals surface area contributed by atoms with Crippen LogP contribution in [0.1, 0.15) is 5.56 Å². The van der Waals surface area contributed by atoms with E-state index in [4.69, 9.17) is 4.74 Å². The zero-order valence-corrected chi connectivity index (χ0v) is 13.7. The third-order valence-corrected chi connectivity index (χ3v) is 3.10. The number of alkyl halides is 3. The fourth-order valence-electron chi connectivity index (χ4n) is 1.90. The van der Waals surface area contributed by atoms with Gasteiger partial charge in [0.25, 0.3) is 0 Å². The van der Waals surface area contributed by atoms with Crippen molar-refractivity contribution in [2.75, 3.05) is 12.4 Å². The SMILES string of the molecule is COC(=O)C(=O)Nc1ccc(C)c(Oc2ccc(OC(F)(F)F)cc2)c1. The van der Waals surface area contributed by atoms with Crippen molar-refractivity contribution in [3.8, 4) is 17.2 Å². The number of halogens is 3. The van der Waals surface area contributed by atoms with Crippen LogP contribution in [0.2, 0.25) is 0 Å². The second-order valence-corrected chi connectivity index (χ2v) is 5.05. The quantitative estimate of drug-likeness (QED) is 0.656. The molecule has 2 rings (SSSR count). The van der Waals surface area contributed by atoms with Gasteiger partial charge in [0.2, 0.25) is 0 Å². The molecular weight excluding hydrogens is 355 g/mol. The topological polar surface area (TPSA) is 73.9 Å². The van der Waals surface area contributed by atoms with Gasteiger partial charge < -0.3 is 19.5 Å². The highest BCUT2D eigenvalue weighted by molar-refractivity contribution is 6.37. The van der Waals surface area contributed by atoms with Crippen molar-refractivity contribution >= 4 is 17.6 Å². The number of aryl methyl sites for hydroxylation is 1. The van der Waals surface area contributed by atoms with E-state index in [9.17, 15) is 22.8 Å². The average molecular weight is 369 g/mol. The largest absolute Gasteiger partial charge is 0.573 e. The van der Waals surface area contributed by atoms with Crippen LogP contribution >= 0.6 is 0 Å². The van der Waals surface area contributed by atoms with Crippen LogP contribution < -0.4 is 14.8 Å². The van der Waals surface area contributed by atoms with E-state index >= 15 is 0 Å². The Morgan fingerprint density at radius 3 is 2.19 bits per heavy atom. The van der Waals surface area contributed by atoms with Crippen LogP contribution in [0, 0.1) is 6.92 Å². The highest BCUT2D eigenvalue weighted by Gasteiger charge is 2.31. The molecule has 6 nitrogen and oxygen atoms in total. The maximum absolute atomic E-state index is 12.2. The number of benzene rings is 2. The first-order valence-electron chi connectivity index (χ1n) is 7.21. The Bertz CT molecular complexity index is 803. The van der Waals surface area contributed by atoms with Gasteiger partial charge in [0, 0.05) is 11.8 Å². The van der Waals surface area contributed by atoms with Gasteiger partial charge in [-0.1, -0.05) is 6.07 Å². The van der Waals surface area contributed by atoms with Crippen molar-refractivity contribution in [3.05, 3.63) is 48.0 Å². The molecule has 138 valence electrons. The number of carbonyl (C=O) groups excluding carboxylic acids is 2. The van der Waals surface area contributed by atoms with E-state index in [1.807, 2.05) is 0 Å². The summed E-state index contributed by atoms with van der Waals surface area (Å²) in [5.74, 6) is -1.76. The number of hydrogen-bond donors (Lipinski definition) is 1. The van der Waals surface area contributed by atoms with Crippen LogP contribution in [0.5, 0.6) is 17.2 Å². The Morgan fingerprint density at radius 2 is 1.62 bits per heavy atom. The smallest absolute Gasteiger partial charge is 0.462 e. The van der Waals surface area contributed by atoms with Crippen molar-refractivity contribution in [1.82, 2.24) is 0 Å². The molecule has 0 unspecified atom stereocenters. The molecular formula is C17H14F3NO5. The lowest BCUT2D eigenvalue weighted by Crippen LogP contribution is -2.23. The predicted molar refractivity (Wildman–Crippen MR) is 85.0 cm³/mol. The van der Waals surface area contributed by atoms with Crippen LogP contribution in [0.3, 0.4) is 0 Å². The Labute approximate surface area is 146 Å². The van der Waals surface area contributed by atoms with E-state index in [1.54, 1.807) is 19.1 Å². The Hall–Kier alpha value is -3.23. The highest BCUT2D eigenvalue weighted by atomic mass is 19.4. The molecule has 9 heteroatoms. The first kappa shape index (κ1) is 19.1. The number of amides is 1. The molecule has 0 radical (unpaired) electrons. The van der Waals surface area contributed by atoms with Gasteiger partial charge in [-0.25, -0.2) is 4.79 Å². The molecule has 0 aliphatic carbocycles.